The molecule has 0 bridgehead atoms. The summed E-state index contributed by atoms with van der Waals surface area (Å²) in [5, 5.41) is 15.4. The lowest BCUT2D eigenvalue weighted by Gasteiger charge is -2.25. The van der Waals surface area contributed by atoms with Crippen LogP contribution in [0.25, 0.3) is 98.5 Å². The summed E-state index contributed by atoms with van der Waals surface area (Å²) < 4.78 is 11.5. The Morgan fingerprint density at radius 2 is 1.03 bits per heavy atom. The highest BCUT2D eigenvalue weighted by atomic mass is 16.3. The number of hydrogen-bond donors (Lipinski definition) is 1. The van der Waals surface area contributed by atoms with Gasteiger partial charge in [0.2, 0.25) is 0 Å². The van der Waals surface area contributed by atoms with Gasteiger partial charge in [-0.1, -0.05) is 146 Å². The molecule has 0 amide bonds. The molecule has 0 fully saturated rings. The standard InChI is InChI=1S/C59H37N5O/c1-2-18-42(19-3-1)63-50-23-11-8-20-44(50)46-29-28-41(33-52(46)63)58-60-57(40-27-26-36-14-4-5-15-37(36)30-40)61-59(62-58)49-34-43(35-55-56(49)47-22-10-13-25-54(47)65-55)64-51-24-12-9-21-45(51)48-31-38-16-6-7-17-39(38)32-53(48)64/h1-35,57H,(H,60,61,62). The fourth-order valence-electron chi connectivity index (χ4n) is 10.3. The van der Waals surface area contributed by atoms with Gasteiger partial charge in [0.25, 0.3) is 0 Å². The van der Waals surface area contributed by atoms with Gasteiger partial charge in [0.1, 0.15) is 23.2 Å². The summed E-state index contributed by atoms with van der Waals surface area (Å²) in [4.78, 5) is 11.0. The Morgan fingerprint density at radius 3 is 1.83 bits per heavy atom. The minimum atomic E-state index is -0.436. The predicted octanol–water partition coefficient (Wildman–Crippen LogP) is 14.6. The lowest BCUT2D eigenvalue weighted by Crippen LogP contribution is -2.33. The number of amidine groups is 2. The minimum absolute atomic E-state index is 0.436. The van der Waals surface area contributed by atoms with E-state index in [1.807, 2.05) is 12.1 Å². The lowest BCUT2D eigenvalue weighted by atomic mass is 10.0. The highest BCUT2D eigenvalue weighted by Crippen LogP contribution is 2.40. The van der Waals surface area contributed by atoms with Crippen LogP contribution in [0.4, 0.5) is 0 Å². The number of benzene rings is 10. The lowest BCUT2D eigenvalue weighted by molar-refractivity contribution is 0.667. The molecule has 1 aliphatic rings. The van der Waals surface area contributed by atoms with Crippen molar-refractivity contribution < 1.29 is 4.42 Å². The monoisotopic (exact) mass is 831 g/mol. The molecule has 0 radical (unpaired) electrons. The molecule has 13 aromatic rings. The quantitative estimate of drug-likeness (QED) is 0.188. The zero-order chi connectivity index (χ0) is 42.6. The van der Waals surface area contributed by atoms with Crippen molar-refractivity contribution in [2.75, 3.05) is 0 Å². The van der Waals surface area contributed by atoms with Gasteiger partial charge in [0.15, 0.2) is 5.84 Å². The van der Waals surface area contributed by atoms with Crippen molar-refractivity contribution >= 4 is 98.8 Å². The maximum atomic E-state index is 6.79. The highest BCUT2D eigenvalue weighted by molar-refractivity contribution is 6.23. The number of para-hydroxylation sites is 4. The van der Waals surface area contributed by atoms with E-state index in [0.29, 0.717) is 5.84 Å². The van der Waals surface area contributed by atoms with E-state index in [4.69, 9.17) is 14.4 Å². The number of aliphatic imine (C=N–C) groups is 2. The number of fused-ring (bicyclic) bond motifs is 11. The van der Waals surface area contributed by atoms with Gasteiger partial charge >= 0.3 is 0 Å². The molecule has 65 heavy (non-hydrogen) atoms. The SMILES string of the molecule is c1ccc(-n2c3ccccc3c3ccc(C4=NC(c5ccc6ccccc6c5)NC(c5cc(-n6c7ccccc7c7cc8ccccc8cc76)cc6oc7ccccc7c56)=N4)cc32)cc1. The van der Waals surface area contributed by atoms with Crippen molar-refractivity contribution in [2.45, 2.75) is 6.17 Å². The summed E-state index contributed by atoms with van der Waals surface area (Å²) in [5.74, 6) is 1.37. The molecule has 1 N–H and O–H groups in total. The van der Waals surface area contributed by atoms with Crippen LogP contribution in [-0.4, -0.2) is 20.8 Å². The van der Waals surface area contributed by atoms with Crippen molar-refractivity contribution in [3.8, 4) is 11.4 Å². The molecule has 1 aliphatic heterocycles. The van der Waals surface area contributed by atoms with Crippen molar-refractivity contribution in [3.63, 3.8) is 0 Å². The van der Waals surface area contributed by atoms with E-state index in [1.54, 1.807) is 0 Å². The van der Waals surface area contributed by atoms with E-state index in [2.05, 4.69) is 215 Å². The third-order valence-corrected chi connectivity index (χ3v) is 13.3. The Hall–Kier alpha value is -8.74. The smallest absolute Gasteiger partial charge is 0.159 e. The predicted molar refractivity (Wildman–Crippen MR) is 269 cm³/mol. The van der Waals surface area contributed by atoms with Gasteiger partial charge in [0.05, 0.1) is 27.8 Å². The second-order valence-electron chi connectivity index (χ2n) is 17.0. The van der Waals surface area contributed by atoms with Crippen LogP contribution in [-0.2, 0) is 0 Å². The first-order valence-electron chi connectivity index (χ1n) is 22.1. The van der Waals surface area contributed by atoms with Crippen LogP contribution in [0.15, 0.2) is 227 Å². The molecule has 0 saturated heterocycles. The summed E-state index contributed by atoms with van der Waals surface area (Å²) in [6, 6.07) is 75.7. The molecule has 4 heterocycles. The van der Waals surface area contributed by atoms with Crippen molar-refractivity contribution in [3.05, 3.63) is 229 Å². The van der Waals surface area contributed by atoms with Gasteiger partial charge in [-0.15, -0.1) is 0 Å². The zero-order valence-electron chi connectivity index (χ0n) is 35.0. The van der Waals surface area contributed by atoms with Crippen molar-refractivity contribution in [1.82, 2.24) is 14.5 Å². The molecule has 14 rings (SSSR count). The molecule has 1 atom stereocenters. The largest absolute Gasteiger partial charge is 0.456 e. The first kappa shape index (κ1) is 35.8. The van der Waals surface area contributed by atoms with Gasteiger partial charge in [-0.2, -0.15) is 0 Å². The molecular formula is C59H37N5O. The number of nitrogens with zero attached hydrogens (tertiary/aromatic N) is 4. The maximum Gasteiger partial charge on any atom is 0.159 e. The van der Waals surface area contributed by atoms with Gasteiger partial charge < -0.3 is 18.9 Å². The normalized spacial score (nSPS) is 14.3. The van der Waals surface area contributed by atoms with E-state index < -0.39 is 6.17 Å². The Bertz CT molecular complexity index is 4170. The number of hydrogen-bond acceptors (Lipinski definition) is 4. The molecule has 0 spiro atoms. The molecule has 6 heteroatoms. The van der Waals surface area contributed by atoms with Crippen LogP contribution < -0.4 is 5.32 Å². The topological polar surface area (TPSA) is 59.8 Å². The highest BCUT2D eigenvalue weighted by Gasteiger charge is 2.27. The molecule has 1 unspecified atom stereocenters. The third-order valence-electron chi connectivity index (χ3n) is 13.3. The summed E-state index contributed by atoms with van der Waals surface area (Å²) in [6.07, 6.45) is -0.436. The third kappa shape index (κ3) is 5.54. The average molecular weight is 832 g/mol. The van der Waals surface area contributed by atoms with E-state index in [0.717, 1.165) is 83.3 Å². The van der Waals surface area contributed by atoms with Gasteiger partial charge in [-0.05, 0) is 87.8 Å². The van der Waals surface area contributed by atoms with Crippen LogP contribution >= 0.6 is 0 Å². The van der Waals surface area contributed by atoms with E-state index in [-0.39, 0.29) is 0 Å². The molecule has 6 nitrogen and oxygen atoms in total. The van der Waals surface area contributed by atoms with Crippen LogP contribution in [0.5, 0.6) is 0 Å². The zero-order valence-corrected chi connectivity index (χ0v) is 35.0. The summed E-state index contributed by atoms with van der Waals surface area (Å²) in [5.41, 5.74) is 11.1. The van der Waals surface area contributed by atoms with Crippen LogP contribution in [0.1, 0.15) is 22.9 Å². The number of aromatic nitrogens is 2. The van der Waals surface area contributed by atoms with Crippen LogP contribution in [0.3, 0.4) is 0 Å². The number of furan rings is 1. The molecular weight excluding hydrogens is 795 g/mol. The molecule has 3 aromatic heterocycles. The van der Waals surface area contributed by atoms with E-state index in [9.17, 15) is 0 Å². The summed E-state index contributed by atoms with van der Waals surface area (Å²) >= 11 is 0. The van der Waals surface area contributed by atoms with E-state index in [1.165, 1.54) is 37.7 Å². The second-order valence-corrected chi connectivity index (χ2v) is 17.0. The molecule has 10 aromatic carbocycles. The fraction of sp³-hybridized carbons (Fsp3) is 0.0169. The molecule has 0 aliphatic carbocycles. The number of rotatable bonds is 5. The summed E-state index contributed by atoms with van der Waals surface area (Å²) in [7, 11) is 0. The fourth-order valence-corrected chi connectivity index (χ4v) is 10.3. The Labute approximate surface area is 372 Å². The Kier molecular flexibility index (Phi) is 7.65. The van der Waals surface area contributed by atoms with Crippen molar-refractivity contribution in [1.29, 1.82) is 0 Å². The Balaban J connectivity index is 1.03. The molecule has 0 saturated carbocycles. The number of nitrogens with one attached hydrogen (secondary N) is 1. The minimum Gasteiger partial charge on any atom is -0.456 e. The van der Waals surface area contributed by atoms with Crippen LogP contribution in [0.2, 0.25) is 0 Å². The van der Waals surface area contributed by atoms with Gasteiger partial charge in [-0.3, -0.25) is 0 Å². The Morgan fingerprint density at radius 1 is 0.415 bits per heavy atom. The van der Waals surface area contributed by atoms with Crippen LogP contribution in [0, 0.1) is 0 Å². The first-order valence-corrected chi connectivity index (χ1v) is 22.1. The van der Waals surface area contributed by atoms with Crippen molar-refractivity contribution in [2.24, 2.45) is 9.98 Å². The average Bonchev–Trinajstić information content (AvgIpc) is 4.02. The second kappa shape index (κ2) is 13.9. The van der Waals surface area contributed by atoms with Gasteiger partial charge in [-0.25, -0.2) is 9.98 Å². The van der Waals surface area contributed by atoms with Gasteiger partial charge in [0, 0.05) is 55.2 Å². The first-order chi connectivity index (χ1) is 32.2. The maximum absolute atomic E-state index is 6.79. The molecule has 304 valence electrons. The summed E-state index contributed by atoms with van der Waals surface area (Å²) in [6.45, 7) is 0. The van der Waals surface area contributed by atoms with E-state index >= 15 is 0 Å².